The number of aromatic nitrogens is 2. The van der Waals surface area contributed by atoms with Gasteiger partial charge in [0.05, 0.1) is 0 Å². The van der Waals surface area contributed by atoms with Gasteiger partial charge in [-0.2, -0.15) is 4.98 Å². The summed E-state index contributed by atoms with van der Waals surface area (Å²) in [5.41, 5.74) is 0. The maximum Gasteiger partial charge on any atom is 0.227 e. The Hall–Kier alpha value is -1.43. The number of aryl methyl sites for hydroxylation is 1. The Balaban J connectivity index is 1.98. The molecule has 0 aliphatic carbocycles. The molecule has 1 rings (SSSR count). The van der Waals surface area contributed by atoms with Crippen LogP contribution >= 0.6 is 0 Å². The van der Waals surface area contributed by atoms with E-state index in [-0.39, 0.29) is 5.91 Å². The molecule has 6 nitrogen and oxygen atoms in total. The summed E-state index contributed by atoms with van der Waals surface area (Å²) >= 11 is 0. The third kappa shape index (κ3) is 4.88. The van der Waals surface area contributed by atoms with Crippen molar-refractivity contribution in [2.24, 2.45) is 0 Å². The van der Waals surface area contributed by atoms with E-state index in [2.05, 4.69) is 20.8 Å². The van der Waals surface area contributed by atoms with E-state index in [1.165, 1.54) is 0 Å². The molecular weight excluding hydrogens is 208 g/mol. The summed E-state index contributed by atoms with van der Waals surface area (Å²) in [4.78, 5) is 15.0. The van der Waals surface area contributed by atoms with Gasteiger partial charge in [-0.15, -0.1) is 0 Å². The molecular formula is C10H18N4O2. The number of nitrogens with zero attached hydrogens (tertiary/aromatic N) is 2. The summed E-state index contributed by atoms with van der Waals surface area (Å²) in [6.07, 6.45) is 2.12. The average Bonchev–Trinajstić information content (AvgIpc) is 2.69. The number of hydrogen-bond acceptors (Lipinski definition) is 5. The maximum absolute atomic E-state index is 10.9. The standard InChI is InChI=1S/C10H18N4O2/c1-8-13-10(16-14-8)5-7-12-6-3-4-9(15)11-2/h12H,3-7H2,1-2H3,(H,11,15). The lowest BCUT2D eigenvalue weighted by atomic mass is 10.3. The van der Waals surface area contributed by atoms with E-state index in [1.807, 2.05) is 0 Å². The second-order valence-electron chi connectivity index (χ2n) is 3.51. The van der Waals surface area contributed by atoms with Crippen molar-refractivity contribution in [2.75, 3.05) is 20.1 Å². The lowest BCUT2D eigenvalue weighted by molar-refractivity contribution is -0.120. The lowest BCUT2D eigenvalue weighted by Crippen LogP contribution is -2.22. The summed E-state index contributed by atoms with van der Waals surface area (Å²) in [5.74, 6) is 1.39. The number of rotatable bonds is 7. The summed E-state index contributed by atoms with van der Waals surface area (Å²) < 4.78 is 4.96. The number of carbonyl (C=O) groups is 1. The summed E-state index contributed by atoms with van der Waals surface area (Å²) in [7, 11) is 1.65. The van der Waals surface area contributed by atoms with E-state index in [0.717, 1.165) is 25.9 Å². The quantitative estimate of drug-likeness (QED) is 0.641. The van der Waals surface area contributed by atoms with Crippen LogP contribution in [0.3, 0.4) is 0 Å². The van der Waals surface area contributed by atoms with E-state index in [4.69, 9.17) is 4.52 Å². The fourth-order valence-electron chi connectivity index (χ4n) is 1.26. The second-order valence-corrected chi connectivity index (χ2v) is 3.51. The molecule has 1 aromatic heterocycles. The average molecular weight is 226 g/mol. The Labute approximate surface area is 94.8 Å². The molecule has 16 heavy (non-hydrogen) atoms. The van der Waals surface area contributed by atoms with Crippen molar-refractivity contribution in [3.63, 3.8) is 0 Å². The summed E-state index contributed by atoms with van der Waals surface area (Å²) in [6, 6.07) is 0. The van der Waals surface area contributed by atoms with E-state index in [1.54, 1.807) is 14.0 Å². The molecule has 0 unspecified atom stereocenters. The van der Waals surface area contributed by atoms with Gasteiger partial charge in [0.1, 0.15) is 0 Å². The van der Waals surface area contributed by atoms with Gasteiger partial charge in [-0.05, 0) is 19.9 Å². The van der Waals surface area contributed by atoms with Gasteiger partial charge < -0.3 is 15.2 Å². The monoisotopic (exact) mass is 226 g/mol. The van der Waals surface area contributed by atoms with Gasteiger partial charge in [0.15, 0.2) is 5.82 Å². The Morgan fingerprint density at radius 1 is 1.44 bits per heavy atom. The normalized spacial score (nSPS) is 10.4. The van der Waals surface area contributed by atoms with E-state index >= 15 is 0 Å². The first-order chi connectivity index (χ1) is 7.72. The van der Waals surface area contributed by atoms with Crippen molar-refractivity contribution < 1.29 is 9.32 Å². The van der Waals surface area contributed by atoms with E-state index in [0.29, 0.717) is 18.1 Å². The van der Waals surface area contributed by atoms with Crippen LogP contribution in [0.25, 0.3) is 0 Å². The van der Waals surface area contributed by atoms with Crippen LogP contribution in [-0.2, 0) is 11.2 Å². The van der Waals surface area contributed by atoms with Gasteiger partial charge in [-0.25, -0.2) is 0 Å². The minimum Gasteiger partial charge on any atom is -0.359 e. The summed E-state index contributed by atoms with van der Waals surface area (Å²) in [5, 5.41) is 9.50. The Bertz CT molecular complexity index is 324. The molecule has 1 amide bonds. The lowest BCUT2D eigenvalue weighted by Gasteiger charge is -2.02. The molecule has 0 spiro atoms. The Morgan fingerprint density at radius 2 is 2.25 bits per heavy atom. The van der Waals surface area contributed by atoms with Gasteiger partial charge in [0.25, 0.3) is 0 Å². The number of amides is 1. The zero-order valence-corrected chi connectivity index (χ0v) is 9.75. The molecule has 0 aliphatic heterocycles. The van der Waals surface area contributed by atoms with E-state index in [9.17, 15) is 4.79 Å². The molecule has 0 saturated heterocycles. The van der Waals surface area contributed by atoms with Crippen LogP contribution in [0.1, 0.15) is 24.6 Å². The SMILES string of the molecule is CNC(=O)CCCNCCc1nc(C)no1. The number of nitrogens with one attached hydrogen (secondary N) is 2. The number of carbonyl (C=O) groups excluding carboxylic acids is 1. The highest BCUT2D eigenvalue weighted by Gasteiger charge is 2.01. The zero-order chi connectivity index (χ0) is 11.8. The van der Waals surface area contributed by atoms with E-state index < -0.39 is 0 Å². The highest BCUT2D eigenvalue weighted by molar-refractivity contribution is 5.75. The van der Waals surface area contributed by atoms with Crippen molar-refractivity contribution >= 4 is 5.91 Å². The molecule has 6 heteroatoms. The van der Waals surface area contributed by atoms with Crippen LogP contribution < -0.4 is 10.6 Å². The van der Waals surface area contributed by atoms with Gasteiger partial charge in [0, 0.05) is 26.4 Å². The Kier molecular flexibility index (Phi) is 5.49. The van der Waals surface area contributed by atoms with Crippen LogP contribution in [0.5, 0.6) is 0 Å². The molecule has 0 atom stereocenters. The smallest absolute Gasteiger partial charge is 0.227 e. The molecule has 0 radical (unpaired) electrons. The summed E-state index contributed by atoms with van der Waals surface area (Å²) in [6.45, 7) is 3.40. The van der Waals surface area contributed by atoms with Crippen molar-refractivity contribution in [1.82, 2.24) is 20.8 Å². The largest absolute Gasteiger partial charge is 0.359 e. The predicted molar refractivity (Wildman–Crippen MR) is 58.9 cm³/mol. The van der Waals surface area contributed by atoms with Crippen molar-refractivity contribution in [3.8, 4) is 0 Å². The van der Waals surface area contributed by atoms with Crippen LogP contribution in [0, 0.1) is 6.92 Å². The zero-order valence-electron chi connectivity index (χ0n) is 9.75. The molecule has 2 N–H and O–H groups in total. The van der Waals surface area contributed by atoms with Crippen LogP contribution in [0.2, 0.25) is 0 Å². The van der Waals surface area contributed by atoms with Crippen LogP contribution in [0.4, 0.5) is 0 Å². The number of hydrogen-bond donors (Lipinski definition) is 2. The fourth-order valence-corrected chi connectivity index (χ4v) is 1.26. The minimum atomic E-state index is 0.0781. The third-order valence-corrected chi connectivity index (χ3v) is 2.12. The van der Waals surface area contributed by atoms with Crippen LogP contribution in [0.15, 0.2) is 4.52 Å². The highest BCUT2D eigenvalue weighted by atomic mass is 16.5. The van der Waals surface area contributed by atoms with Gasteiger partial charge >= 0.3 is 0 Å². The third-order valence-electron chi connectivity index (χ3n) is 2.12. The minimum absolute atomic E-state index is 0.0781. The topological polar surface area (TPSA) is 80.0 Å². The maximum atomic E-state index is 10.9. The molecule has 0 fully saturated rings. The molecule has 0 aliphatic rings. The van der Waals surface area contributed by atoms with Crippen molar-refractivity contribution in [3.05, 3.63) is 11.7 Å². The van der Waals surface area contributed by atoms with Gasteiger partial charge in [0.2, 0.25) is 11.8 Å². The first-order valence-electron chi connectivity index (χ1n) is 5.43. The van der Waals surface area contributed by atoms with Crippen molar-refractivity contribution in [2.45, 2.75) is 26.2 Å². The molecule has 90 valence electrons. The second kappa shape index (κ2) is 6.95. The fraction of sp³-hybridized carbons (Fsp3) is 0.700. The predicted octanol–water partition coefficient (Wildman–Crippen LogP) is 0.0363. The van der Waals surface area contributed by atoms with Crippen LogP contribution in [-0.4, -0.2) is 36.2 Å². The van der Waals surface area contributed by atoms with Gasteiger partial charge in [-0.1, -0.05) is 5.16 Å². The first kappa shape index (κ1) is 12.6. The van der Waals surface area contributed by atoms with Crippen molar-refractivity contribution in [1.29, 1.82) is 0 Å². The first-order valence-corrected chi connectivity index (χ1v) is 5.43. The molecule has 0 aromatic carbocycles. The molecule has 0 bridgehead atoms. The Morgan fingerprint density at radius 3 is 2.88 bits per heavy atom. The van der Waals surface area contributed by atoms with Gasteiger partial charge in [-0.3, -0.25) is 4.79 Å². The molecule has 0 saturated carbocycles. The molecule has 1 heterocycles. The molecule has 1 aromatic rings. The highest BCUT2D eigenvalue weighted by Crippen LogP contribution is 1.95.